The van der Waals surface area contributed by atoms with Gasteiger partial charge in [0.1, 0.15) is 24.1 Å². The van der Waals surface area contributed by atoms with Crippen molar-refractivity contribution >= 4 is 27.4 Å². The normalized spacial score (nSPS) is 15.4. The highest BCUT2D eigenvalue weighted by molar-refractivity contribution is 7.92. The van der Waals surface area contributed by atoms with Crippen LogP contribution < -0.4 is 4.74 Å². The van der Waals surface area contributed by atoms with E-state index in [2.05, 4.69) is 20.3 Å². The Morgan fingerprint density at radius 3 is 2.61 bits per heavy atom. The molecule has 9 heteroatoms. The Balaban J connectivity index is 2.38. The van der Waals surface area contributed by atoms with Crippen LogP contribution in [0.3, 0.4) is 0 Å². The Kier molecular flexibility index (Phi) is 7.80. The van der Waals surface area contributed by atoms with Gasteiger partial charge in [0.25, 0.3) is 0 Å². The van der Waals surface area contributed by atoms with Crippen molar-refractivity contribution in [1.82, 2.24) is 9.80 Å². The maximum atomic E-state index is 12.3. The van der Waals surface area contributed by atoms with Crippen LogP contribution in [0.5, 0.6) is 5.75 Å². The standard InChI is InChI=1S/C19H29N5O3S/c1-15-16(13-20)17(21-14-23(2)3)12-18(22-28(4,5)25)19(15)27-11-8-24-6-9-26-10-7-24/h12,14H,6-11H2,1-5H3. The summed E-state index contributed by atoms with van der Waals surface area (Å²) >= 11 is 0. The zero-order valence-corrected chi connectivity index (χ0v) is 18.1. The van der Waals surface area contributed by atoms with E-state index in [0.717, 1.165) is 32.8 Å². The SMILES string of the molecule is Cc1c(C#N)c(N=CN(C)C)cc(N=S(C)(C)=O)c1OCCN1CCOCC1. The first kappa shape index (κ1) is 22.1. The van der Waals surface area contributed by atoms with E-state index >= 15 is 0 Å². The zero-order valence-electron chi connectivity index (χ0n) is 17.3. The van der Waals surface area contributed by atoms with Crippen molar-refractivity contribution in [3.05, 3.63) is 17.2 Å². The fourth-order valence-electron chi connectivity index (χ4n) is 2.77. The molecule has 0 spiro atoms. The zero-order chi connectivity index (χ0) is 20.7. The predicted molar refractivity (Wildman–Crippen MR) is 113 cm³/mol. The number of morpholine rings is 1. The number of rotatable bonds is 7. The highest BCUT2D eigenvalue weighted by atomic mass is 32.2. The van der Waals surface area contributed by atoms with Gasteiger partial charge in [0.05, 0.1) is 30.8 Å². The molecule has 1 aromatic carbocycles. The van der Waals surface area contributed by atoms with Gasteiger partial charge in [-0.05, 0) is 13.0 Å². The predicted octanol–water partition coefficient (Wildman–Crippen LogP) is 2.16. The molecule has 28 heavy (non-hydrogen) atoms. The van der Waals surface area contributed by atoms with Crippen LogP contribution in [-0.4, -0.2) is 86.4 Å². The third-order valence-electron chi connectivity index (χ3n) is 4.09. The van der Waals surface area contributed by atoms with Gasteiger partial charge in [-0.25, -0.2) is 9.20 Å². The van der Waals surface area contributed by atoms with Crippen LogP contribution in [0.2, 0.25) is 0 Å². The molecule has 0 aromatic heterocycles. The molecule has 1 saturated heterocycles. The maximum absolute atomic E-state index is 12.3. The minimum Gasteiger partial charge on any atom is -0.490 e. The molecule has 0 amide bonds. The van der Waals surface area contributed by atoms with Crippen LogP contribution >= 0.6 is 0 Å². The van der Waals surface area contributed by atoms with Crippen molar-refractivity contribution in [2.24, 2.45) is 9.36 Å². The van der Waals surface area contributed by atoms with E-state index in [9.17, 15) is 9.47 Å². The topological polar surface area (TPSA) is 90.5 Å². The number of hydrogen-bond acceptors (Lipinski definition) is 7. The first-order chi connectivity index (χ1) is 13.2. The highest BCUT2D eigenvalue weighted by Crippen LogP contribution is 2.39. The molecule has 0 atom stereocenters. The number of hydrogen-bond donors (Lipinski definition) is 0. The Bertz CT molecular complexity index is 869. The van der Waals surface area contributed by atoms with Crippen molar-refractivity contribution in [3.8, 4) is 11.8 Å². The molecule has 0 saturated carbocycles. The lowest BCUT2D eigenvalue weighted by molar-refractivity contribution is 0.0322. The largest absolute Gasteiger partial charge is 0.490 e. The molecule has 1 heterocycles. The maximum Gasteiger partial charge on any atom is 0.150 e. The highest BCUT2D eigenvalue weighted by Gasteiger charge is 2.18. The molecule has 0 N–H and O–H groups in total. The van der Waals surface area contributed by atoms with Gasteiger partial charge in [-0.3, -0.25) is 4.90 Å². The van der Waals surface area contributed by atoms with E-state index in [0.29, 0.717) is 34.9 Å². The van der Waals surface area contributed by atoms with Gasteiger partial charge in [-0.15, -0.1) is 0 Å². The van der Waals surface area contributed by atoms with Gasteiger partial charge < -0.3 is 14.4 Å². The summed E-state index contributed by atoms with van der Waals surface area (Å²) in [5, 5.41) is 9.64. The van der Waals surface area contributed by atoms with E-state index < -0.39 is 9.73 Å². The molecular weight excluding hydrogens is 378 g/mol. The van der Waals surface area contributed by atoms with E-state index in [1.807, 2.05) is 21.0 Å². The molecule has 0 unspecified atom stereocenters. The molecule has 8 nitrogen and oxygen atoms in total. The number of nitrogens with zero attached hydrogens (tertiary/aromatic N) is 5. The van der Waals surface area contributed by atoms with Crippen molar-refractivity contribution < 1.29 is 13.7 Å². The van der Waals surface area contributed by atoms with Gasteiger partial charge in [0.2, 0.25) is 0 Å². The monoisotopic (exact) mass is 407 g/mol. The van der Waals surface area contributed by atoms with Gasteiger partial charge in [0, 0.05) is 61.5 Å². The number of ether oxygens (including phenoxy) is 2. The van der Waals surface area contributed by atoms with Gasteiger partial charge in [-0.1, -0.05) is 0 Å². The number of nitriles is 1. The van der Waals surface area contributed by atoms with Crippen molar-refractivity contribution in [2.45, 2.75) is 6.92 Å². The molecule has 1 fully saturated rings. The summed E-state index contributed by atoms with van der Waals surface area (Å²) in [5.74, 6) is 0.491. The fraction of sp³-hybridized carbons (Fsp3) is 0.579. The van der Waals surface area contributed by atoms with Crippen molar-refractivity contribution in [1.29, 1.82) is 5.26 Å². The summed E-state index contributed by atoms with van der Waals surface area (Å²) in [6.45, 7) is 6.21. The first-order valence-electron chi connectivity index (χ1n) is 9.09. The summed E-state index contributed by atoms with van der Waals surface area (Å²) in [6, 6.07) is 3.87. The molecular formula is C19H29N5O3S. The molecule has 2 rings (SSSR count). The average Bonchev–Trinajstić information content (AvgIpc) is 2.62. The van der Waals surface area contributed by atoms with Crippen LogP contribution in [0.15, 0.2) is 15.4 Å². The molecule has 154 valence electrons. The van der Waals surface area contributed by atoms with E-state index in [4.69, 9.17) is 9.47 Å². The van der Waals surface area contributed by atoms with Crippen molar-refractivity contribution in [3.63, 3.8) is 0 Å². The summed E-state index contributed by atoms with van der Waals surface area (Å²) < 4.78 is 28.1. The fourth-order valence-corrected chi connectivity index (χ4v) is 3.38. The third-order valence-corrected chi connectivity index (χ3v) is 4.73. The van der Waals surface area contributed by atoms with E-state index in [-0.39, 0.29) is 0 Å². The molecule has 0 aliphatic carbocycles. The molecule has 0 bridgehead atoms. The molecule has 1 aromatic rings. The number of aliphatic imine (C=N–C) groups is 1. The van der Waals surface area contributed by atoms with Crippen LogP contribution in [-0.2, 0) is 14.5 Å². The van der Waals surface area contributed by atoms with Gasteiger partial charge >= 0.3 is 0 Å². The summed E-state index contributed by atoms with van der Waals surface area (Å²) in [7, 11) is 1.29. The molecule has 1 aliphatic rings. The lowest BCUT2D eigenvalue weighted by atomic mass is 10.1. The smallest absolute Gasteiger partial charge is 0.150 e. The lowest BCUT2D eigenvalue weighted by Gasteiger charge is -2.26. The Morgan fingerprint density at radius 1 is 1.36 bits per heavy atom. The van der Waals surface area contributed by atoms with Crippen LogP contribution in [0, 0.1) is 18.3 Å². The van der Waals surface area contributed by atoms with E-state index in [1.54, 1.807) is 29.8 Å². The minimum absolute atomic E-state index is 0.428. The van der Waals surface area contributed by atoms with E-state index in [1.165, 1.54) is 0 Å². The second-order valence-electron chi connectivity index (χ2n) is 7.14. The van der Waals surface area contributed by atoms with Crippen molar-refractivity contribution in [2.75, 3.05) is 66.1 Å². The second-order valence-corrected chi connectivity index (χ2v) is 9.68. The summed E-state index contributed by atoms with van der Waals surface area (Å²) in [6.07, 6.45) is 4.76. The Hall–Kier alpha value is -2.15. The second kappa shape index (κ2) is 9.87. The lowest BCUT2D eigenvalue weighted by Crippen LogP contribution is -2.38. The molecule has 1 aliphatic heterocycles. The van der Waals surface area contributed by atoms with Crippen LogP contribution in [0.4, 0.5) is 11.4 Å². The quantitative estimate of drug-likeness (QED) is 0.508. The first-order valence-corrected chi connectivity index (χ1v) is 11.4. The van der Waals surface area contributed by atoms with Gasteiger partial charge in [-0.2, -0.15) is 9.62 Å². The Morgan fingerprint density at radius 2 is 2.04 bits per heavy atom. The summed E-state index contributed by atoms with van der Waals surface area (Å²) in [5.41, 5.74) is 2.02. The van der Waals surface area contributed by atoms with Gasteiger partial charge in [0.15, 0.2) is 0 Å². The van der Waals surface area contributed by atoms with Crippen LogP contribution in [0.1, 0.15) is 11.1 Å². The average molecular weight is 408 g/mol. The molecule has 0 radical (unpaired) electrons. The number of benzene rings is 1. The Labute approximate surface area is 167 Å². The van der Waals surface area contributed by atoms with Crippen LogP contribution in [0.25, 0.3) is 0 Å². The minimum atomic E-state index is -2.41. The summed E-state index contributed by atoms with van der Waals surface area (Å²) in [4.78, 5) is 8.41. The third kappa shape index (κ3) is 6.48.